The minimum absolute atomic E-state index is 0.235. The van der Waals surface area contributed by atoms with Gasteiger partial charge in [-0.2, -0.15) is 0 Å². The number of nitrogens with zero attached hydrogens (tertiary/aromatic N) is 1. The Morgan fingerprint density at radius 3 is 2.24 bits per heavy atom. The Kier molecular flexibility index (Phi) is 5.87. The molecule has 0 radical (unpaired) electrons. The van der Waals surface area contributed by atoms with E-state index < -0.39 is 35.0 Å². The number of hydrogen-bond acceptors (Lipinski definition) is 5. The zero-order valence-electron chi connectivity index (χ0n) is 23.0. The van der Waals surface area contributed by atoms with Crippen LogP contribution in [0.5, 0.6) is 5.75 Å². The lowest BCUT2D eigenvalue weighted by Gasteiger charge is -2.39. The average Bonchev–Trinajstić information content (AvgIpc) is 3.49. The van der Waals surface area contributed by atoms with Gasteiger partial charge < -0.3 is 15.0 Å². The third-order valence-electron chi connectivity index (χ3n) is 8.94. The van der Waals surface area contributed by atoms with Crippen molar-refractivity contribution in [2.24, 2.45) is 5.92 Å². The van der Waals surface area contributed by atoms with Gasteiger partial charge in [-0.15, -0.1) is 0 Å². The number of amides is 1. The van der Waals surface area contributed by atoms with Gasteiger partial charge in [0.2, 0.25) is 5.91 Å². The fraction of sp³-hybridized carbons (Fsp3) is 0.171. The summed E-state index contributed by atoms with van der Waals surface area (Å²) in [5.74, 6) is -2.04. The summed E-state index contributed by atoms with van der Waals surface area (Å²) >= 11 is 0. The number of Topliss-reactive ketones (excluding diaryl/α,β-unsaturated/α-hetero) is 2. The number of ketones is 2. The van der Waals surface area contributed by atoms with Gasteiger partial charge in [0.15, 0.2) is 11.6 Å². The molecular weight excluding hydrogens is 531 g/mol. The summed E-state index contributed by atoms with van der Waals surface area (Å²) in [5, 5.41) is 3.03. The van der Waals surface area contributed by atoms with Gasteiger partial charge in [-0.25, -0.2) is 4.39 Å². The summed E-state index contributed by atoms with van der Waals surface area (Å²) < 4.78 is 19.3. The smallest absolute Gasteiger partial charge is 0.238 e. The molecule has 4 atom stereocenters. The molecule has 7 rings (SSSR count). The van der Waals surface area contributed by atoms with E-state index in [0.29, 0.717) is 22.6 Å². The van der Waals surface area contributed by atoms with E-state index >= 15 is 0 Å². The normalized spacial score (nSPS) is 23.5. The molecule has 4 aromatic rings. The number of carbonyl (C=O) groups is 3. The molecule has 0 aromatic heterocycles. The van der Waals surface area contributed by atoms with E-state index in [4.69, 9.17) is 4.74 Å². The lowest BCUT2D eigenvalue weighted by molar-refractivity contribution is -0.121. The molecule has 0 bridgehead atoms. The summed E-state index contributed by atoms with van der Waals surface area (Å²) in [7, 11) is 1.55. The van der Waals surface area contributed by atoms with Crippen molar-refractivity contribution in [3.63, 3.8) is 0 Å². The second-order valence-electron chi connectivity index (χ2n) is 11.0. The van der Waals surface area contributed by atoms with Gasteiger partial charge in [-0.05, 0) is 78.7 Å². The number of fused-ring (bicyclic) bond motifs is 6. The van der Waals surface area contributed by atoms with Crippen molar-refractivity contribution >= 4 is 34.4 Å². The van der Waals surface area contributed by atoms with Gasteiger partial charge in [-0.1, -0.05) is 42.5 Å². The second kappa shape index (κ2) is 9.52. The molecule has 7 heteroatoms. The van der Waals surface area contributed by atoms with E-state index in [2.05, 4.69) is 5.32 Å². The van der Waals surface area contributed by atoms with Crippen LogP contribution in [-0.2, 0) is 10.2 Å². The Hall–Kier alpha value is -5.04. The van der Waals surface area contributed by atoms with E-state index in [1.165, 1.54) is 24.3 Å². The predicted molar refractivity (Wildman–Crippen MR) is 158 cm³/mol. The van der Waals surface area contributed by atoms with Crippen molar-refractivity contribution in [2.75, 3.05) is 17.3 Å². The molecule has 1 spiro atoms. The van der Waals surface area contributed by atoms with Gasteiger partial charge >= 0.3 is 0 Å². The summed E-state index contributed by atoms with van der Waals surface area (Å²) in [6.07, 6.45) is 2.01. The van der Waals surface area contributed by atoms with Crippen LogP contribution in [0, 0.1) is 11.7 Å². The Balaban J connectivity index is 1.53. The summed E-state index contributed by atoms with van der Waals surface area (Å²) in [5.41, 5.74) is 3.14. The Bertz CT molecular complexity index is 1800. The molecule has 1 saturated heterocycles. The Morgan fingerprint density at radius 2 is 1.50 bits per heavy atom. The minimum Gasteiger partial charge on any atom is -0.497 e. The maximum absolute atomic E-state index is 14.7. The number of benzene rings is 4. The summed E-state index contributed by atoms with van der Waals surface area (Å²) in [6.45, 7) is 1.98. The third kappa shape index (κ3) is 3.52. The Labute approximate surface area is 242 Å². The number of rotatable bonds is 5. The largest absolute Gasteiger partial charge is 0.497 e. The molecule has 6 nitrogen and oxygen atoms in total. The Morgan fingerprint density at radius 1 is 0.857 bits per heavy atom. The van der Waals surface area contributed by atoms with Crippen molar-refractivity contribution in [1.82, 2.24) is 0 Å². The van der Waals surface area contributed by atoms with Crippen LogP contribution in [0.4, 0.5) is 15.8 Å². The fourth-order valence-corrected chi connectivity index (χ4v) is 7.11. The molecule has 1 fully saturated rings. The van der Waals surface area contributed by atoms with Crippen LogP contribution in [0.25, 0.3) is 5.57 Å². The highest BCUT2D eigenvalue weighted by atomic mass is 19.1. The molecule has 0 aliphatic carbocycles. The molecule has 1 amide bonds. The monoisotopic (exact) mass is 558 g/mol. The molecule has 3 aliphatic heterocycles. The maximum Gasteiger partial charge on any atom is 0.238 e. The van der Waals surface area contributed by atoms with Crippen molar-refractivity contribution in [2.45, 2.75) is 24.4 Å². The van der Waals surface area contributed by atoms with Crippen molar-refractivity contribution in [3.05, 3.63) is 131 Å². The number of hydrogen-bond donors (Lipinski definition) is 1. The number of methoxy groups -OCH3 is 1. The van der Waals surface area contributed by atoms with E-state index in [1.807, 2.05) is 66.4 Å². The lowest BCUT2D eigenvalue weighted by Crippen LogP contribution is -2.51. The number of allylic oxidation sites excluding steroid dienone is 1. The highest BCUT2D eigenvalue weighted by molar-refractivity contribution is 6.18. The molecule has 4 aromatic carbocycles. The minimum atomic E-state index is -1.43. The molecule has 0 saturated carbocycles. The topological polar surface area (TPSA) is 75.7 Å². The van der Waals surface area contributed by atoms with E-state index in [9.17, 15) is 18.8 Å². The van der Waals surface area contributed by atoms with Gasteiger partial charge in [0.25, 0.3) is 0 Å². The quantitative estimate of drug-likeness (QED) is 0.301. The number of halogens is 1. The average molecular weight is 559 g/mol. The molecule has 3 aliphatic rings. The third-order valence-corrected chi connectivity index (χ3v) is 8.94. The van der Waals surface area contributed by atoms with Gasteiger partial charge in [0, 0.05) is 28.1 Å². The van der Waals surface area contributed by atoms with Crippen LogP contribution in [0.3, 0.4) is 0 Å². The van der Waals surface area contributed by atoms with E-state index in [-0.39, 0.29) is 17.3 Å². The fourth-order valence-electron chi connectivity index (χ4n) is 7.11. The van der Waals surface area contributed by atoms with E-state index in [0.717, 1.165) is 16.8 Å². The van der Waals surface area contributed by atoms with Crippen LogP contribution < -0.4 is 15.0 Å². The second-order valence-corrected chi connectivity index (χ2v) is 11.0. The van der Waals surface area contributed by atoms with Crippen LogP contribution in [0.15, 0.2) is 103 Å². The first-order valence-corrected chi connectivity index (χ1v) is 13.8. The van der Waals surface area contributed by atoms with Crippen LogP contribution in [0.1, 0.15) is 38.8 Å². The molecule has 208 valence electrons. The molecule has 1 N–H and O–H groups in total. The predicted octanol–water partition coefficient (Wildman–Crippen LogP) is 6.08. The lowest BCUT2D eigenvalue weighted by atomic mass is 9.64. The standard InChI is InChI=1S/C35H27FN2O4/c1-20-19-29-35(26-8-4-5-9-27(26)37-34(35)41)30(32(39)21-11-15-23(36)16-12-21)31(38(29)28-10-6-3-7-25(20)28)33(40)22-13-17-24(42-2)18-14-22/h3-19,29-31H,1-2H3,(H,37,41)/t29-,30+,31-,35-/m0/s1. The molecule has 3 heterocycles. The molecule has 0 unspecified atom stereocenters. The zero-order chi connectivity index (χ0) is 29.2. The van der Waals surface area contributed by atoms with Gasteiger partial charge in [-0.3, -0.25) is 14.4 Å². The first kappa shape index (κ1) is 25.9. The summed E-state index contributed by atoms with van der Waals surface area (Å²) in [6, 6.07) is 25.5. The van der Waals surface area contributed by atoms with E-state index in [1.54, 1.807) is 31.4 Å². The first-order valence-electron chi connectivity index (χ1n) is 13.8. The van der Waals surface area contributed by atoms with Crippen molar-refractivity contribution in [1.29, 1.82) is 0 Å². The number of anilines is 2. The SMILES string of the molecule is COc1ccc(C(=O)[C@@H]2[C@H](C(=O)c3ccc(F)cc3)[C@@]3(C(=O)Nc4ccccc43)[C@@H]3C=C(C)c4ccccc4N23)cc1. The first-order chi connectivity index (χ1) is 20.4. The van der Waals surface area contributed by atoms with Crippen molar-refractivity contribution in [3.8, 4) is 5.75 Å². The van der Waals surface area contributed by atoms with Crippen molar-refractivity contribution < 1.29 is 23.5 Å². The number of ether oxygens (including phenoxy) is 1. The number of para-hydroxylation sites is 2. The van der Waals surface area contributed by atoms with Gasteiger partial charge in [0.1, 0.15) is 23.0 Å². The van der Waals surface area contributed by atoms with Crippen LogP contribution in [0.2, 0.25) is 0 Å². The highest BCUT2D eigenvalue weighted by Gasteiger charge is 2.70. The molecule has 42 heavy (non-hydrogen) atoms. The van der Waals surface area contributed by atoms with Gasteiger partial charge in [0.05, 0.1) is 19.1 Å². The number of nitrogens with one attached hydrogen (secondary N) is 1. The number of carbonyl (C=O) groups excluding carboxylic acids is 3. The zero-order valence-corrected chi connectivity index (χ0v) is 23.0. The molecular formula is C35H27FN2O4. The maximum atomic E-state index is 14.7. The van der Waals surface area contributed by atoms with Crippen LogP contribution >= 0.6 is 0 Å². The highest BCUT2D eigenvalue weighted by Crippen LogP contribution is 2.58. The van der Waals surface area contributed by atoms with Crippen LogP contribution in [-0.4, -0.2) is 36.7 Å². The summed E-state index contributed by atoms with van der Waals surface area (Å²) in [4.78, 5) is 45.8.